The number of rotatable bonds is 5. The van der Waals surface area contributed by atoms with E-state index < -0.39 is 6.04 Å². The topological polar surface area (TPSA) is 61.4 Å². The minimum absolute atomic E-state index is 0.0227. The molecular weight excluding hydrogens is 362 g/mol. The molecule has 2 aliphatic heterocycles. The Hall–Kier alpha value is -2.79. The predicted octanol–water partition coefficient (Wildman–Crippen LogP) is 3.42. The van der Waals surface area contributed by atoms with Gasteiger partial charge >= 0.3 is 6.03 Å². The van der Waals surface area contributed by atoms with Crippen molar-refractivity contribution in [3.05, 3.63) is 82.0 Å². The lowest BCUT2D eigenvalue weighted by Crippen LogP contribution is -2.44. The van der Waals surface area contributed by atoms with Gasteiger partial charge in [0, 0.05) is 11.6 Å². The van der Waals surface area contributed by atoms with E-state index >= 15 is 0 Å². The van der Waals surface area contributed by atoms with Crippen LogP contribution in [0.25, 0.3) is 0 Å². The molecule has 27 heavy (non-hydrogen) atoms. The molecule has 0 saturated heterocycles. The Morgan fingerprint density at radius 1 is 1.04 bits per heavy atom. The number of urea groups is 1. The number of benzene rings is 2. The maximum atomic E-state index is 13.0. The van der Waals surface area contributed by atoms with Gasteiger partial charge in [-0.3, -0.25) is 4.79 Å². The predicted molar refractivity (Wildman–Crippen MR) is 104 cm³/mol. The van der Waals surface area contributed by atoms with Crippen molar-refractivity contribution in [2.24, 2.45) is 0 Å². The molecule has 0 radical (unpaired) electrons. The van der Waals surface area contributed by atoms with Gasteiger partial charge in [-0.15, -0.1) is 0 Å². The van der Waals surface area contributed by atoms with Crippen molar-refractivity contribution in [2.45, 2.75) is 18.9 Å². The summed E-state index contributed by atoms with van der Waals surface area (Å²) in [5.41, 5.74) is 3.43. The number of hydrogen-bond acceptors (Lipinski definition) is 2. The van der Waals surface area contributed by atoms with Crippen molar-refractivity contribution < 1.29 is 9.59 Å². The van der Waals surface area contributed by atoms with Crippen LogP contribution >= 0.6 is 11.6 Å². The summed E-state index contributed by atoms with van der Waals surface area (Å²) in [6.07, 6.45) is 1.80. The third-order valence-corrected chi connectivity index (χ3v) is 5.21. The van der Waals surface area contributed by atoms with Crippen molar-refractivity contribution in [3.8, 4) is 0 Å². The summed E-state index contributed by atoms with van der Waals surface area (Å²) in [5, 5.41) is 6.28. The summed E-state index contributed by atoms with van der Waals surface area (Å²) in [7, 11) is 0. The van der Waals surface area contributed by atoms with Crippen LogP contribution in [0.1, 0.15) is 23.6 Å². The van der Waals surface area contributed by atoms with Gasteiger partial charge < -0.3 is 15.5 Å². The highest BCUT2D eigenvalue weighted by atomic mass is 35.5. The largest absolute Gasteiger partial charge is 0.333 e. The third kappa shape index (κ3) is 3.69. The van der Waals surface area contributed by atoms with E-state index in [1.165, 1.54) is 5.56 Å². The maximum absolute atomic E-state index is 13.0. The number of nitrogens with one attached hydrogen (secondary N) is 2. The van der Waals surface area contributed by atoms with Gasteiger partial charge in [-0.25, -0.2) is 4.79 Å². The second kappa shape index (κ2) is 7.45. The van der Waals surface area contributed by atoms with E-state index in [9.17, 15) is 9.59 Å². The lowest BCUT2D eigenvalue weighted by molar-refractivity contribution is -0.125. The molecule has 138 valence electrons. The van der Waals surface area contributed by atoms with E-state index in [0.717, 1.165) is 18.4 Å². The molecule has 1 atom stereocenters. The van der Waals surface area contributed by atoms with Crippen molar-refractivity contribution >= 4 is 23.5 Å². The molecule has 2 aromatic carbocycles. The van der Waals surface area contributed by atoms with Crippen LogP contribution in [-0.4, -0.2) is 29.9 Å². The van der Waals surface area contributed by atoms with Crippen molar-refractivity contribution in [1.82, 2.24) is 15.5 Å². The first kappa shape index (κ1) is 17.6. The Kier molecular flexibility index (Phi) is 4.86. The molecule has 2 heterocycles. The van der Waals surface area contributed by atoms with E-state index in [4.69, 9.17) is 11.6 Å². The molecule has 2 aromatic rings. The Morgan fingerprint density at radius 3 is 2.52 bits per heavy atom. The Bertz CT molecular complexity index is 893. The zero-order chi connectivity index (χ0) is 18.8. The second-order valence-electron chi connectivity index (χ2n) is 6.79. The average molecular weight is 382 g/mol. The highest BCUT2D eigenvalue weighted by Gasteiger charge is 2.40. The van der Waals surface area contributed by atoms with Crippen molar-refractivity contribution in [2.75, 3.05) is 13.1 Å². The molecule has 2 aliphatic rings. The Morgan fingerprint density at radius 2 is 1.78 bits per heavy atom. The van der Waals surface area contributed by atoms with Crippen LogP contribution in [0.15, 0.2) is 65.9 Å². The number of carbonyl (C=O) groups is 2. The molecule has 0 fully saturated rings. The smallest absolute Gasteiger partial charge is 0.319 e. The molecule has 5 nitrogen and oxygen atoms in total. The van der Waals surface area contributed by atoms with Crippen LogP contribution in [0.4, 0.5) is 4.79 Å². The fourth-order valence-electron chi connectivity index (χ4n) is 3.63. The van der Waals surface area contributed by atoms with E-state index in [0.29, 0.717) is 29.4 Å². The summed E-state index contributed by atoms with van der Waals surface area (Å²) in [6, 6.07) is 16.7. The van der Waals surface area contributed by atoms with Gasteiger partial charge in [0.2, 0.25) is 0 Å². The number of halogens is 1. The van der Waals surface area contributed by atoms with E-state index in [1.54, 1.807) is 12.1 Å². The molecule has 4 rings (SSSR count). The standard InChI is InChI=1S/C21H20ClN3O2/c22-16-10-8-15(9-11-16)19-18-17(23-21(27)24-19)13-25(20(18)26)12-4-7-14-5-2-1-3-6-14/h1-3,5-6,8-11,19H,4,7,12-13H2,(H2,23,24,27). The molecule has 2 N–H and O–H groups in total. The molecule has 0 aliphatic carbocycles. The Balaban J connectivity index is 1.47. The zero-order valence-electron chi connectivity index (χ0n) is 14.7. The number of hydrogen-bond donors (Lipinski definition) is 2. The summed E-state index contributed by atoms with van der Waals surface area (Å²) >= 11 is 5.96. The first-order chi connectivity index (χ1) is 13.1. The molecule has 3 amide bonds. The Labute approximate surface area is 163 Å². The molecule has 0 saturated carbocycles. The average Bonchev–Trinajstić information content (AvgIpc) is 2.98. The van der Waals surface area contributed by atoms with Gasteiger partial charge in [-0.2, -0.15) is 0 Å². The fourth-order valence-corrected chi connectivity index (χ4v) is 3.76. The molecule has 6 heteroatoms. The van der Waals surface area contributed by atoms with Gasteiger partial charge in [0.25, 0.3) is 5.91 Å². The first-order valence-corrected chi connectivity index (χ1v) is 9.39. The lowest BCUT2D eigenvalue weighted by Gasteiger charge is -2.25. The maximum Gasteiger partial charge on any atom is 0.319 e. The van der Waals surface area contributed by atoms with Gasteiger partial charge in [-0.1, -0.05) is 54.1 Å². The molecule has 1 unspecified atom stereocenters. The van der Waals surface area contributed by atoms with Gasteiger partial charge in [0.05, 0.1) is 23.9 Å². The van der Waals surface area contributed by atoms with Crippen LogP contribution in [0, 0.1) is 0 Å². The number of carbonyl (C=O) groups excluding carboxylic acids is 2. The summed E-state index contributed by atoms with van der Waals surface area (Å²) in [4.78, 5) is 26.9. The zero-order valence-corrected chi connectivity index (χ0v) is 15.5. The highest BCUT2D eigenvalue weighted by molar-refractivity contribution is 6.30. The van der Waals surface area contributed by atoms with Crippen LogP contribution < -0.4 is 10.6 Å². The number of aryl methyl sites for hydroxylation is 1. The number of nitrogens with zero attached hydrogens (tertiary/aromatic N) is 1. The molecular formula is C21H20ClN3O2. The normalized spacial score (nSPS) is 19.0. The molecule has 0 spiro atoms. The summed E-state index contributed by atoms with van der Waals surface area (Å²) < 4.78 is 0. The minimum atomic E-state index is -0.447. The summed E-state index contributed by atoms with van der Waals surface area (Å²) in [5.74, 6) is -0.0227. The second-order valence-corrected chi connectivity index (χ2v) is 7.23. The number of amides is 3. The van der Waals surface area contributed by atoms with Crippen LogP contribution in [-0.2, 0) is 11.2 Å². The van der Waals surface area contributed by atoms with E-state index in [-0.39, 0.29) is 11.9 Å². The third-order valence-electron chi connectivity index (χ3n) is 4.96. The van der Waals surface area contributed by atoms with Crippen molar-refractivity contribution in [3.63, 3.8) is 0 Å². The first-order valence-electron chi connectivity index (χ1n) is 9.01. The summed E-state index contributed by atoms with van der Waals surface area (Å²) in [6.45, 7) is 1.10. The van der Waals surface area contributed by atoms with E-state index in [2.05, 4.69) is 22.8 Å². The molecule has 0 bridgehead atoms. The van der Waals surface area contributed by atoms with Gasteiger partial charge in [-0.05, 0) is 36.1 Å². The SMILES string of the molecule is O=C1NC2=C(C(=O)N(CCCc3ccccc3)C2)C(c2ccc(Cl)cc2)N1. The van der Waals surface area contributed by atoms with Gasteiger partial charge in [0.1, 0.15) is 0 Å². The van der Waals surface area contributed by atoms with Crippen molar-refractivity contribution in [1.29, 1.82) is 0 Å². The van der Waals surface area contributed by atoms with Crippen LogP contribution in [0.5, 0.6) is 0 Å². The molecule has 0 aromatic heterocycles. The highest BCUT2D eigenvalue weighted by Crippen LogP contribution is 2.33. The quantitative estimate of drug-likeness (QED) is 0.833. The lowest BCUT2D eigenvalue weighted by atomic mass is 9.96. The fraction of sp³-hybridized carbons (Fsp3) is 0.238. The van der Waals surface area contributed by atoms with Crippen LogP contribution in [0.3, 0.4) is 0 Å². The monoisotopic (exact) mass is 381 g/mol. The minimum Gasteiger partial charge on any atom is -0.333 e. The van der Waals surface area contributed by atoms with E-state index in [1.807, 2.05) is 35.2 Å². The van der Waals surface area contributed by atoms with Crippen LogP contribution in [0.2, 0.25) is 5.02 Å². The van der Waals surface area contributed by atoms with Gasteiger partial charge in [0.15, 0.2) is 0 Å².